The number of nitrogens with zero attached hydrogens (tertiary/aromatic N) is 2. The Morgan fingerprint density at radius 1 is 1.11 bits per heavy atom. The van der Waals surface area contributed by atoms with Gasteiger partial charge in [0.2, 0.25) is 0 Å². The van der Waals surface area contributed by atoms with Crippen LogP contribution >= 0.6 is 0 Å². The van der Waals surface area contributed by atoms with Crippen molar-refractivity contribution in [2.45, 2.75) is 13.0 Å². The van der Waals surface area contributed by atoms with E-state index in [1.165, 1.54) is 31.7 Å². The molecule has 0 aromatic heterocycles. The van der Waals surface area contributed by atoms with Gasteiger partial charge in [0.1, 0.15) is 0 Å². The highest BCUT2D eigenvalue weighted by Gasteiger charge is 2.18. The van der Waals surface area contributed by atoms with Crippen LogP contribution in [0.15, 0.2) is 30.3 Å². The van der Waals surface area contributed by atoms with Crippen LogP contribution in [0.3, 0.4) is 0 Å². The first-order valence-electron chi connectivity index (χ1n) is 6.99. The number of piperazine rings is 1. The molecule has 1 atom stereocenters. The molecule has 1 aromatic rings. The van der Waals surface area contributed by atoms with Crippen LogP contribution in [0.25, 0.3) is 0 Å². The van der Waals surface area contributed by atoms with Crippen LogP contribution in [0, 0.1) is 0 Å². The van der Waals surface area contributed by atoms with E-state index >= 15 is 0 Å². The number of benzene rings is 1. The van der Waals surface area contributed by atoms with Crippen LogP contribution in [0.1, 0.15) is 18.5 Å². The molecule has 0 aliphatic carbocycles. The van der Waals surface area contributed by atoms with Gasteiger partial charge in [0.25, 0.3) is 0 Å². The minimum Gasteiger partial charge on any atom is -0.309 e. The summed E-state index contributed by atoms with van der Waals surface area (Å²) < 4.78 is 0. The second kappa shape index (κ2) is 6.88. The average Bonchev–Trinajstić information content (AvgIpc) is 2.42. The lowest BCUT2D eigenvalue weighted by molar-refractivity contribution is 0.142. The summed E-state index contributed by atoms with van der Waals surface area (Å²) >= 11 is 0. The molecule has 3 heteroatoms. The standard InChI is InChI=1S/C15H25N3/c1-3-16-15(14-7-5-4-6-8-14)13-18-11-9-17(2)10-12-18/h4-8,15-16H,3,9-13H2,1-2H3. The van der Waals surface area contributed by atoms with Crippen molar-refractivity contribution < 1.29 is 0 Å². The SMILES string of the molecule is CCNC(CN1CCN(C)CC1)c1ccccc1. The number of nitrogens with one attached hydrogen (secondary N) is 1. The van der Waals surface area contributed by atoms with Gasteiger partial charge in [0.05, 0.1) is 0 Å². The molecule has 0 bridgehead atoms. The Hall–Kier alpha value is -0.900. The summed E-state index contributed by atoms with van der Waals surface area (Å²) in [5, 5.41) is 3.60. The fourth-order valence-corrected chi connectivity index (χ4v) is 2.51. The van der Waals surface area contributed by atoms with E-state index in [1.807, 2.05) is 0 Å². The van der Waals surface area contributed by atoms with Crippen LogP contribution in [-0.2, 0) is 0 Å². The van der Waals surface area contributed by atoms with E-state index in [0.29, 0.717) is 6.04 Å². The normalized spacial score (nSPS) is 19.9. The second-order valence-corrected chi connectivity index (χ2v) is 5.12. The van der Waals surface area contributed by atoms with Crippen molar-refractivity contribution in [2.24, 2.45) is 0 Å². The van der Waals surface area contributed by atoms with Crippen LogP contribution in [0.4, 0.5) is 0 Å². The fraction of sp³-hybridized carbons (Fsp3) is 0.600. The van der Waals surface area contributed by atoms with Crippen molar-refractivity contribution in [3.8, 4) is 0 Å². The maximum absolute atomic E-state index is 3.60. The van der Waals surface area contributed by atoms with Crippen molar-refractivity contribution in [3.63, 3.8) is 0 Å². The Morgan fingerprint density at radius 3 is 2.39 bits per heavy atom. The molecule has 1 aliphatic rings. The van der Waals surface area contributed by atoms with Gasteiger partial charge in [-0.25, -0.2) is 0 Å². The van der Waals surface area contributed by atoms with E-state index in [1.54, 1.807) is 0 Å². The maximum Gasteiger partial charge on any atom is 0.0449 e. The zero-order chi connectivity index (χ0) is 12.8. The molecule has 1 aromatic carbocycles. The lowest BCUT2D eigenvalue weighted by Gasteiger charge is -2.35. The molecule has 0 saturated carbocycles. The van der Waals surface area contributed by atoms with Crippen LogP contribution in [0.2, 0.25) is 0 Å². The predicted molar refractivity (Wildman–Crippen MR) is 76.8 cm³/mol. The lowest BCUT2D eigenvalue weighted by atomic mass is 10.1. The predicted octanol–water partition coefficient (Wildman–Crippen LogP) is 1.58. The average molecular weight is 247 g/mol. The van der Waals surface area contributed by atoms with Gasteiger partial charge >= 0.3 is 0 Å². The Kier molecular flexibility index (Phi) is 5.17. The molecular weight excluding hydrogens is 222 g/mol. The summed E-state index contributed by atoms with van der Waals surface area (Å²) in [6.07, 6.45) is 0. The Bertz CT molecular complexity index is 331. The van der Waals surface area contributed by atoms with Crippen molar-refractivity contribution in [3.05, 3.63) is 35.9 Å². The third-order valence-corrected chi connectivity index (χ3v) is 3.69. The van der Waals surface area contributed by atoms with Gasteiger partial charge in [-0.3, -0.25) is 4.90 Å². The van der Waals surface area contributed by atoms with Crippen molar-refractivity contribution in [1.29, 1.82) is 0 Å². The molecule has 0 spiro atoms. The molecule has 0 radical (unpaired) electrons. The van der Waals surface area contributed by atoms with Crippen molar-refractivity contribution >= 4 is 0 Å². The summed E-state index contributed by atoms with van der Waals surface area (Å²) in [7, 11) is 2.20. The van der Waals surface area contributed by atoms with Crippen molar-refractivity contribution in [2.75, 3.05) is 46.3 Å². The zero-order valence-corrected chi connectivity index (χ0v) is 11.6. The monoisotopic (exact) mass is 247 g/mol. The topological polar surface area (TPSA) is 18.5 Å². The number of rotatable bonds is 5. The molecule has 0 amide bonds. The molecule has 1 unspecified atom stereocenters. The Balaban J connectivity index is 1.94. The van der Waals surface area contributed by atoms with Gasteiger partial charge in [-0.2, -0.15) is 0 Å². The van der Waals surface area contributed by atoms with Gasteiger partial charge in [0.15, 0.2) is 0 Å². The van der Waals surface area contributed by atoms with Gasteiger partial charge in [-0.05, 0) is 19.2 Å². The van der Waals surface area contributed by atoms with E-state index in [4.69, 9.17) is 0 Å². The first-order valence-corrected chi connectivity index (χ1v) is 6.99. The highest BCUT2D eigenvalue weighted by molar-refractivity contribution is 5.19. The molecule has 1 N–H and O–H groups in total. The third-order valence-electron chi connectivity index (χ3n) is 3.69. The Labute approximate surface area is 111 Å². The summed E-state index contributed by atoms with van der Waals surface area (Å²) in [5.41, 5.74) is 1.40. The van der Waals surface area contributed by atoms with Crippen LogP contribution < -0.4 is 5.32 Å². The van der Waals surface area contributed by atoms with E-state index in [-0.39, 0.29) is 0 Å². The first kappa shape index (κ1) is 13.5. The van der Waals surface area contributed by atoms with Crippen molar-refractivity contribution in [1.82, 2.24) is 15.1 Å². The third kappa shape index (κ3) is 3.80. The van der Waals surface area contributed by atoms with E-state index in [0.717, 1.165) is 13.1 Å². The smallest absolute Gasteiger partial charge is 0.0449 e. The van der Waals surface area contributed by atoms with Crippen LogP contribution in [-0.4, -0.2) is 56.1 Å². The van der Waals surface area contributed by atoms with E-state index in [9.17, 15) is 0 Å². The molecule has 1 heterocycles. The Morgan fingerprint density at radius 2 is 1.78 bits per heavy atom. The molecule has 2 rings (SSSR count). The quantitative estimate of drug-likeness (QED) is 0.852. The fourth-order valence-electron chi connectivity index (χ4n) is 2.51. The summed E-state index contributed by atoms with van der Waals surface area (Å²) in [6, 6.07) is 11.3. The molecule has 3 nitrogen and oxygen atoms in total. The molecule has 1 fully saturated rings. The molecule has 1 saturated heterocycles. The minimum absolute atomic E-state index is 0.458. The zero-order valence-electron chi connectivity index (χ0n) is 11.6. The lowest BCUT2D eigenvalue weighted by Crippen LogP contribution is -2.47. The number of hydrogen-bond donors (Lipinski definition) is 1. The summed E-state index contributed by atoms with van der Waals surface area (Å²) in [4.78, 5) is 4.97. The van der Waals surface area contributed by atoms with E-state index < -0.39 is 0 Å². The molecule has 100 valence electrons. The van der Waals surface area contributed by atoms with Gasteiger partial charge in [-0.1, -0.05) is 37.3 Å². The second-order valence-electron chi connectivity index (χ2n) is 5.12. The maximum atomic E-state index is 3.60. The first-order chi connectivity index (χ1) is 8.79. The molecular formula is C15H25N3. The summed E-state index contributed by atoms with van der Waals surface area (Å²) in [6.45, 7) is 9.07. The summed E-state index contributed by atoms with van der Waals surface area (Å²) in [5.74, 6) is 0. The van der Waals surface area contributed by atoms with Gasteiger partial charge in [-0.15, -0.1) is 0 Å². The van der Waals surface area contributed by atoms with Crippen LogP contribution in [0.5, 0.6) is 0 Å². The van der Waals surface area contributed by atoms with Gasteiger partial charge < -0.3 is 10.2 Å². The molecule has 1 aliphatic heterocycles. The number of hydrogen-bond acceptors (Lipinski definition) is 3. The minimum atomic E-state index is 0.458. The number of likely N-dealkylation sites (N-methyl/N-ethyl adjacent to an activating group) is 2. The highest BCUT2D eigenvalue weighted by atomic mass is 15.3. The highest BCUT2D eigenvalue weighted by Crippen LogP contribution is 2.15. The molecule has 18 heavy (non-hydrogen) atoms. The van der Waals surface area contributed by atoms with Gasteiger partial charge in [0, 0.05) is 38.8 Å². The largest absolute Gasteiger partial charge is 0.309 e. The van der Waals surface area contributed by atoms with E-state index in [2.05, 4.69) is 59.4 Å².